The zero-order valence-electron chi connectivity index (χ0n) is 7.88. The summed E-state index contributed by atoms with van der Waals surface area (Å²) in [7, 11) is 0. The van der Waals surface area contributed by atoms with Crippen molar-refractivity contribution in [2.75, 3.05) is 0 Å². The number of aliphatic carboxylic acids is 3. The minimum Gasteiger partial charge on any atom is -0.481 e. The molecular formula is C6H14DyO7. The van der Waals surface area contributed by atoms with Crippen LogP contribution in [0.5, 0.6) is 0 Å². The summed E-state index contributed by atoms with van der Waals surface area (Å²) in [6.45, 7) is 3.25. The van der Waals surface area contributed by atoms with Gasteiger partial charge in [-0.2, -0.15) is 0 Å². The first-order valence-electron chi connectivity index (χ1n) is 2.78. The molecule has 0 rings (SSSR count). The molecular weight excluding hydrogens is 347 g/mol. The fraction of sp³-hybridized carbons (Fsp3) is 0.500. The Balaban J connectivity index is -0.0000000270. The maximum Gasteiger partial charge on any atom is 0.300 e. The second-order valence-corrected chi connectivity index (χ2v) is 1.56. The van der Waals surface area contributed by atoms with Crippen LogP contribution >= 0.6 is 0 Å². The van der Waals surface area contributed by atoms with Gasteiger partial charge in [-0.3, -0.25) is 14.4 Å². The van der Waals surface area contributed by atoms with Gasteiger partial charge in [0.15, 0.2) is 0 Å². The van der Waals surface area contributed by atoms with E-state index in [2.05, 4.69) is 0 Å². The van der Waals surface area contributed by atoms with Gasteiger partial charge in [0.2, 0.25) is 0 Å². The third kappa shape index (κ3) is 10300. The Morgan fingerprint density at radius 2 is 0.714 bits per heavy atom. The predicted octanol–water partition coefficient (Wildman–Crippen LogP) is -0.552. The first kappa shape index (κ1) is 29.2. The summed E-state index contributed by atoms with van der Waals surface area (Å²) in [4.78, 5) is 27.0. The van der Waals surface area contributed by atoms with Crippen LogP contribution in [0.15, 0.2) is 0 Å². The van der Waals surface area contributed by atoms with Crippen LogP contribution in [-0.4, -0.2) is 38.7 Å². The van der Waals surface area contributed by atoms with Crippen LogP contribution in [0.25, 0.3) is 0 Å². The Kier molecular flexibility index (Phi) is 47.8. The van der Waals surface area contributed by atoms with Gasteiger partial charge in [-0.15, -0.1) is 0 Å². The topological polar surface area (TPSA) is 143 Å². The van der Waals surface area contributed by atoms with E-state index in [-0.39, 0.29) is 43.6 Å². The molecule has 0 unspecified atom stereocenters. The predicted molar refractivity (Wildman–Crippen MR) is 43.5 cm³/mol. The Hall–Kier alpha value is -0.357. The quantitative estimate of drug-likeness (QED) is 0.528. The van der Waals surface area contributed by atoms with E-state index < -0.39 is 17.9 Å². The van der Waals surface area contributed by atoms with Gasteiger partial charge in [0.25, 0.3) is 17.9 Å². The van der Waals surface area contributed by atoms with Crippen LogP contribution in [0, 0.1) is 38.2 Å². The molecule has 0 aromatic heterocycles. The van der Waals surface area contributed by atoms with Gasteiger partial charge in [0, 0.05) is 58.9 Å². The zero-order valence-corrected chi connectivity index (χ0v) is 9.91. The molecule has 14 heavy (non-hydrogen) atoms. The molecule has 90 valence electrons. The second kappa shape index (κ2) is 22.9. The molecule has 0 aromatic carbocycles. The van der Waals surface area contributed by atoms with E-state index in [1.807, 2.05) is 0 Å². The number of carbonyl (C=O) groups is 3. The van der Waals surface area contributed by atoms with Gasteiger partial charge < -0.3 is 20.8 Å². The Labute approximate surface area is 111 Å². The number of rotatable bonds is 0. The molecule has 0 saturated carbocycles. The summed E-state index contributed by atoms with van der Waals surface area (Å²) >= 11 is 0. The van der Waals surface area contributed by atoms with Crippen molar-refractivity contribution in [3.63, 3.8) is 0 Å². The molecule has 0 aliphatic carbocycles. The molecule has 0 saturated heterocycles. The smallest absolute Gasteiger partial charge is 0.300 e. The molecule has 0 amide bonds. The van der Waals surface area contributed by atoms with Crippen LogP contribution in [0.2, 0.25) is 0 Å². The molecule has 0 atom stereocenters. The van der Waals surface area contributed by atoms with Crippen molar-refractivity contribution in [3.8, 4) is 0 Å². The van der Waals surface area contributed by atoms with Crippen molar-refractivity contribution in [3.05, 3.63) is 0 Å². The first-order chi connectivity index (χ1) is 5.20. The molecule has 0 heterocycles. The van der Waals surface area contributed by atoms with Crippen molar-refractivity contribution >= 4 is 17.9 Å². The van der Waals surface area contributed by atoms with Gasteiger partial charge in [0.05, 0.1) is 0 Å². The van der Waals surface area contributed by atoms with Gasteiger partial charge >= 0.3 is 0 Å². The van der Waals surface area contributed by atoms with Crippen LogP contribution in [0.1, 0.15) is 20.8 Å². The van der Waals surface area contributed by atoms with Crippen molar-refractivity contribution in [2.24, 2.45) is 0 Å². The van der Waals surface area contributed by atoms with Crippen LogP contribution < -0.4 is 0 Å². The Morgan fingerprint density at radius 3 is 0.714 bits per heavy atom. The van der Waals surface area contributed by atoms with Crippen molar-refractivity contribution < 1.29 is 73.4 Å². The van der Waals surface area contributed by atoms with E-state index in [4.69, 9.17) is 29.7 Å². The third-order valence-electron chi connectivity index (χ3n) is 0. The number of carboxylic acids is 3. The van der Waals surface area contributed by atoms with Gasteiger partial charge in [-0.1, -0.05) is 0 Å². The van der Waals surface area contributed by atoms with E-state index >= 15 is 0 Å². The molecule has 7 nitrogen and oxygen atoms in total. The van der Waals surface area contributed by atoms with Crippen LogP contribution in [-0.2, 0) is 14.4 Å². The minimum absolute atomic E-state index is 0. The molecule has 0 aromatic rings. The average molecular weight is 361 g/mol. The van der Waals surface area contributed by atoms with Gasteiger partial charge in [-0.25, -0.2) is 0 Å². The van der Waals surface area contributed by atoms with E-state index in [1.54, 1.807) is 0 Å². The van der Waals surface area contributed by atoms with Crippen LogP contribution in [0.4, 0.5) is 0 Å². The summed E-state index contributed by atoms with van der Waals surface area (Å²) in [6.07, 6.45) is 0. The minimum atomic E-state index is -0.833. The molecule has 0 bridgehead atoms. The van der Waals surface area contributed by atoms with E-state index in [1.165, 1.54) is 0 Å². The number of carboxylic acid groups (broad SMARTS) is 3. The molecule has 0 aliphatic heterocycles. The second-order valence-electron chi connectivity index (χ2n) is 1.56. The number of hydrogen-bond donors (Lipinski definition) is 3. The summed E-state index contributed by atoms with van der Waals surface area (Å²) in [5.41, 5.74) is 0. The van der Waals surface area contributed by atoms with Gasteiger partial charge in [0.1, 0.15) is 0 Å². The fourth-order valence-electron chi connectivity index (χ4n) is 0. The number of hydrogen-bond acceptors (Lipinski definition) is 3. The maximum atomic E-state index is 9.00. The summed E-state index contributed by atoms with van der Waals surface area (Å²) in [6, 6.07) is 0. The standard InChI is InChI=1S/3C2H4O2.Dy.H2O/c3*1-2(3)4;;/h3*1H3,(H,3,4);;1H2. The molecule has 0 spiro atoms. The fourth-order valence-corrected chi connectivity index (χ4v) is 0. The van der Waals surface area contributed by atoms with E-state index in [0.29, 0.717) is 0 Å². The van der Waals surface area contributed by atoms with Crippen molar-refractivity contribution in [1.82, 2.24) is 0 Å². The maximum absolute atomic E-state index is 9.00. The molecule has 0 fully saturated rings. The molecule has 8 heteroatoms. The molecule has 0 radical (unpaired) electrons. The van der Waals surface area contributed by atoms with Crippen LogP contribution in [0.3, 0.4) is 0 Å². The Morgan fingerprint density at radius 1 is 0.714 bits per heavy atom. The SMILES string of the molecule is CC(=O)O.CC(=O)O.CC(=O)O.O.[Dy]. The summed E-state index contributed by atoms with van der Waals surface area (Å²) < 4.78 is 0. The first-order valence-corrected chi connectivity index (χ1v) is 2.78. The third-order valence-corrected chi connectivity index (χ3v) is 0. The van der Waals surface area contributed by atoms with E-state index in [9.17, 15) is 0 Å². The van der Waals surface area contributed by atoms with Crippen molar-refractivity contribution in [1.29, 1.82) is 0 Å². The monoisotopic (exact) mass is 362 g/mol. The Bertz CT molecular complexity index is 116. The molecule has 0 aliphatic rings. The normalized spacial score (nSPS) is 5.36. The van der Waals surface area contributed by atoms with Gasteiger partial charge in [-0.05, 0) is 0 Å². The summed E-state index contributed by atoms with van der Waals surface area (Å²) in [5, 5.41) is 22.2. The van der Waals surface area contributed by atoms with E-state index in [0.717, 1.165) is 20.8 Å². The molecule has 5 N–H and O–H groups in total. The average Bonchev–Trinajstić information content (AvgIpc) is 1.54. The zero-order chi connectivity index (χ0) is 10.7. The van der Waals surface area contributed by atoms with Crippen molar-refractivity contribution in [2.45, 2.75) is 20.8 Å². The largest absolute Gasteiger partial charge is 0.481 e. The summed E-state index contributed by atoms with van der Waals surface area (Å²) in [5.74, 6) is -2.50.